The minimum absolute atomic E-state index is 0.286. The van der Waals surface area contributed by atoms with Crippen LogP contribution in [0.25, 0.3) is 0 Å². The van der Waals surface area contributed by atoms with Crippen molar-refractivity contribution in [1.29, 1.82) is 0 Å². The molecule has 114 valence electrons. The maximum absolute atomic E-state index is 10.4. The van der Waals surface area contributed by atoms with Crippen molar-refractivity contribution in [2.75, 3.05) is 0 Å². The molecule has 0 amide bonds. The summed E-state index contributed by atoms with van der Waals surface area (Å²) in [5, 5.41) is 20.3. The summed E-state index contributed by atoms with van der Waals surface area (Å²) in [6, 6.07) is 3.45. The van der Waals surface area contributed by atoms with E-state index in [2.05, 4.69) is 20.8 Å². The fourth-order valence-electron chi connectivity index (χ4n) is 2.71. The zero-order chi connectivity index (χ0) is 15.0. The summed E-state index contributed by atoms with van der Waals surface area (Å²) in [6.07, 6.45) is 8.63. The third-order valence-corrected chi connectivity index (χ3v) is 4.10. The van der Waals surface area contributed by atoms with Crippen LogP contribution >= 0.6 is 0 Å². The molecule has 20 heavy (non-hydrogen) atoms. The van der Waals surface area contributed by atoms with Gasteiger partial charge in [-0.3, -0.25) is 0 Å². The number of phenols is 2. The molecule has 0 aliphatic carbocycles. The number of unbranched alkanes of at least 4 members (excludes halogenated alkanes) is 2. The van der Waals surface area contributed by atoms with Crippen LogP contribution in [-0.4, -0.2) is 10.2 Å². The maximum atomic E-state index is 10.4. The molecule has 0 heterocycles. The SMILES string of the molecule is CCCCc1cc(O)cc(CC(CC)CCCC)c1O. The molecule has 1 aromatic carbocycles. The third kappa shape index (κ3) is 5.07. The minimum atomic E-state index is 0.286. The Balaban J connectivity index is 2.84. The largest absolute Gasteiger partial charge is 0.508 e. The van der Waals surface area contributed by atoms with Crippen LogP contribution in [0.3, 0.4) is 0 Å². The summed E-state index contributed by atoms with van der Waals surface area (Å²) in [4.78, 5) is 0. The summed E-state index contributed by atoms with van der Waals surface area (Å²) in [5.41, 5.74) is 1.81. The zero-order valence-electron chi connectivity index (χ0n) is 13.3. The van der Waals surface area contributed by atoms with E-state index in [-0.39, 0.29) is 5.75 Å². The van der Waals surface area contributed by atoms with Crippen LogP contribution in [-0.2, 0) is 12.8 Å². The predicted octanol–water partition coefficient (Wildman–Crippen LogP) is 5.20. The van der Waals surface area contributed by atoms with E-state index >= 15 is 0 Å². The van der Waals surface area contributed by atoms with E-state index in [0.29, 0.717) is 11.7 Å². The van der Waals surface area contributed by atoms with E-state index < -0.39 is 0 Å². The molecular formula is C18H30O2. The fourth-order valence-corrected chi connectivity index (χ4v) is 2.71. The monoisotopic (exact) mass is 278 g/mol. The van der Waals surface area contributed by atoms with Gasteiger partial charge in [-0.15, -0.1) is 0 Å². The molecule has 1 atom stereocenters. The van der Waals surface area contributed by atoms with Crippen LogP contribution in [0.1, 0.15) is 70.4 Å². The van der Waals surface area contributed by atoms with Crippen molar-refractivity contribution in [3.8, 4) is 11.5 Å². The number of hydrogen-bond acceptors (Lipinski definition) is 2. The first-order valence-electron chi connectivity index (χ1n) is 8.16. The Morgan fingerprint density at radius 1 is 0.950 bits per heavy atom. The van der Waals surface area contributed by atoms with Crippen molar-refractivity contribution in [2.45, 2.75) is 72.1 Å². The van der Waals surface area contributed by atoms with Gasteiger partial charge in [0.15, 0.2) is 0 Å². The number of benzene rings is 1. The van der Waals surface area contributed by atoms with Crippen LogP contribution in [0.4, 0.5) is 0 Å². The maximum Gasteiger partial charge on any atom is 0.122 e. The molecule has 1 unspecified atom stereocenters. The van der Waals surface area contributed by atoms with Crippen molar-refractivity contribution in [2.24, 2.45) is 5.92 Å². The molecule has 0 aliphatic rings. The highest BCUT2D eigenvalue weighted by atomic mass is 16.3. The molecule has 0 bridgehead atoms. The van der Waals surface area contributed by atoms with Gasteiger partial charge in [0.25, 0.3) is 0 Å². The quantitative estimate of drug-likeness (QED) is 0.609. The standard InChI is InChI=1S/C18H30O2/c1-4-7-9-14(6-3)11-16-13-17(19)12-15(18(16)20)10-8-5-2/h12-14,19-20H,4-11H2,1-3H3. The first kappa shape index (κ1) is 16.9. The van der Waals surface area contributed by atoms with Gasteiger partial charge in [-0.05, 0) is 48.4 Å². The van der Waals surface area contributed by atoms with E-state index in [9.17, 15) is 10.2 Å². The average Bonchev–Trinajstić information content (AvgIpc) is 2.44. The molecule has 0 aliphatic heterocycles. The highest BCUT2D eigenvalue weighted by molar-refractivity contribution is 5.46. The lowest BCUT2D eigenvalue weighted by atomic mass is 9.90. The number of aryl methyl sites for hydroxylation is 1. The summed E-state index contributed by atoms with van der Waals surface area (Å²) < 4.78 is 0. The van der Waals surface area contributed by atoms with Crippen LogP contribution < -0.4 is 0 Å². The van der Waals surface area contributed by atoms with Crippen LogP contribution in [0.5, 0.6) is 11.5 Å². The lowest BCUT2D eigenvalue weighted by Gasteiger charge is -2.17. The predicted molar refractivity (Wildman–Crippen MR) is 85.4 cm³/mol. The number of aromatic hydroxyl groups is 2. The highest BCUT2D eigenvalue weighted by Crippen LogP contribution is 2.32. The minimum Gasteiger partial charge on any atom is -0.508 e. The number of phenolic OH excluding ortho intramolecular Hbond substituents is 2. The van der Waals surface area contributed by atoms with Gasteiger partial charge in [0.05, 0.1) is 0 Å². The Kier molecular flexibility index (Phi) is 7.50. The molecule has 0 fully saturated rings. The Hall–Kier alpha value is -1.18. The van der Waals surface area contributed by atoms with E-state index in [1.54, 1.807) is 12.1 Å². The van der Waals surface area contributed by atoms with Crippen LogP contribution in [0.2, 0.25) is 0 Å². The Bertz CT molecular complexity index is 399. The van der Waals surface area contributed by atoms with Crippen molar-refractivity contribution in [1.82, 2.24) is 0 Å². The first-order chi connectivity index (χ1) is 9.62. The summed E-state index contributed by atoms with van der Waals surface area (Å²) in [7, 11) is 0. The molecule has 1 aromatic rings. The van der Waals surface area contributed by atoms with Gasteiger partial charge in [0.1, 0.15) is 11.5 Å². The molecule has 0 spiro atoms. The van der Waals surface area contributed by atoms with E-state index in [1.165, 1.54) is 19.3 Å². The van der Waals surface area contributed by atoms with Crippen molar-refractivity contribution < 1.29 is 10.2 Å². The van der Waals surface area contributed by atoms with Gasteiger partial charge in [-0.1, -0.05) is 52.9 Å². The zero-order valence-corrected chi connectivity index (χ0v) is 13.3. The molecule has 0 saturated carbocycles. The fraction of sp³-hybridized carbons (Fsp3) is 0.667. The smallest absolute Gasteiger partial charge is 0.122 e. The second-order valence-electron chi connectivity index (χ2n) is 5.84. The van der Waals surface area contributed by atoms with E-state index in [0.717, 1.165) is 43.2 Å². The van der Waals surface area contributed by atoms with Crippen molar-refractivity contribution in [3.05, 3.63) is 23.3 Å². The van der Waals surface area contributed by atoms with E-state index in [1.807, 2.05) is 0 Å². The highest BCUT2D eigenvalue weighted by Gasteiger charge is 2.14. The Morgan fingerprint density at radius 2 is 1.60 bits per heavy atom. The summed E-state index contributed by atoms with van der Waals surface area (Å²) in [6.45, 7) is 6.55. The molecular weight excluding hydrogens is 248 g/mol. The van der Waals surface area contributed by atoms with Gasteiger partial charge in [0.2, 0.25) is 0 Å². The molecule has 2 nitrogen and oxygen atoms in total. The topological polar surface area (TPSA) is 40.5 Å². The van der Waals surface area contributed by atoms with Gasteiger partial charge >= 0.3 is 0 Å². The normalized spacial score (nSPS) is 12.6. The lowest BCUT2D eigenvalue weighted by molar-refractivity contribution is 0.417. The molecule has 0 aromatic heterocycles. The summed E-state index contributed by atoms with van der Waals surface area (Å²) >= 11 is 0. The average molecular weight is 278 g/mol. The van der Waals surface area contributed by atoms with Crippen molar-refractivity contribution in [3.63, 3.8) is 0 Å². The second kappa shape index (κ2) is 8.89. The van der Waals surface area contributed by atoms with Gasteiger partial charge in [0, 0.05) is 0 Å². The summed E-state index contributed by atoms with van der Waals surface area (Å²) in [5.74, 6) is 1.29. The first-order valence-corrected chi connectivity index (χ1v) is 8.16. The molecule has 0 saturated heterocycles. The third-order valence-electron chi connectivity index (χ3n) is 4.10. The second-order valence-corrected chi connectivity index (χ2v) is 5.84. The molecule has 0 radical (unpaired) electrons. The molecule has 1 rings (SSSR count). The van der Waals surface area contributed by atoms with Crippen LogP contribution in [0, 0.1) is 5.92 Å². The molecule has 2 heteroatoms. The lowest BCUT2D eigenvalue weighted by Crippen LogP contribution is -2.04. The molecule has 2 N–H and O–H groups in total. The van der Waals surface area contributed by atoms with Crippen molar-refractivity contribution >= 4 is 0 Å². The van der Waals surface area contributed by atoms with Crippen LogP contribution in [0.15, 0.2) is 12.1 Å². The van der Waals surface area contributed by atoms with Gasteiger partial charge in [-0.25, -0.2) is 0 Å². The van der Waals surface area contributed by atoms with E-state index in [4.69, 9.17) is 0 Å². The van der Waals surface area contributed by atoms with Gasteiger partial charge in [-0.2, -0.15) is 0 Å². The Labute approximate surface area is 123 Å². The van der Waals surface area contributed by atoms with Gasteiger partial charge < -0.3 is 10.2 Å². The Morgan fingerprint density at radius 3 is 2.20 bits per heavy atom. The number of rotatable bonds is 9. The number of hydrogen-bond donors (Lipinski definition) is 2.